The number of carbonyl (C=O) groups excluding carboxylic acids is 1. The number of hydrogen-bond donors (Lipinski definition) is 2. The maximum atomic E-state index is 11.9. The molecule has 1 aromatic carbocycles. The average molecular weight is 298 g/mol. The molecule has 0 aliphatic heterocycles. The van der Waals surface area contributed by atoms with Gasteiger partial charge in [0.1, 0.15) is 5.75 Å². The molecule has 0 saturated carbocycles. The minimum Gasteiger partial charge on any atom is -0.495 e. The highest BCUT2D eigenvalue weighted by atomic mass is 32.2. The minimum absolute atomic E-state index is 0.0919. The zero-order valence-corrected chi connectivity index (χ0v) is 12.5. The number of allylic oxidation sites excluding steroid dienone is 1. The lowest BCUT2D eigenvalue weighted by molar-refractivity contribution is -0.112. The molecule has 0 unspecified atom stereocenters. The van der Waals surface area contributed by atoms with Gasteiger partial charge in [-0.25, -0.2) is 13.6 Å². The van der Waals surface area contributed by atoms with E-state index in [0.29, 0.717) is 11.3 Å². The molecule has 110 valence electrons. The van der Waals surface area contributed by atoms with Gasteiger partial charge in [-0.3, -0.25) is 4.79 Å². The number of amides is 1. The molecule has 0 aliphatic carbocycles. The van der Waals surface area contributed by atoms with Crippen LogP contribution in [0.25, 0.3) is 0 Å². The number of methoxy groups -OCH3 is 1. The van der Waals surface area contributed by atoms with Gasteiger partial charge < -0.3 is 10.1 Å². The molecule has 7 heteroatoms. The van der Waals surface area contributed by atoms with Gasteiger partial charge in [-0.15, -0.1) is 0 Å². The number of anilines is 1. The summed E-state index contributed by atoms with van der Waals surface area (Å²) in [7, 11) is -2.41. The Morgan fingerprint density at radius 2 is 2.10 bits per heavy atom. The molecule has 0 aromatic heterocycles. The maximum absolute atomic E-state index is 11.9. The first-order valence-corrected chi connectivity index (χ1v) is 7.53. The van der Waals surface area contributed by atoms with Crippen molar-refractivity contribution in [3.05, 3.63) is 29.8 Å². The van der Waals surface area contributed by atoms with Crippen LogP contribution in [0.15, 0.2) is 34.7 Å². The molecule has 0 saturated heterocycles. The van der Waals surface area contributed by atoms with E-state index in [9.17, 15) is 13.2 Å². The molecule has 0 heterocycles. The van der Waals surface area contributed by atoms with E-state index in [2.05, 4.69) is 5.32 Å². The summed E-state index contributed by atoms with van der Waals surface area (Å²) in [5, 5.41) is 7.67. The van der Waals surface area contributed by atoms with Gasteiger partial charge in [-0.1, -0.05) is 13.0 Å². The lowest BCUT2D eigenvalue weighted by atomic mass is 10.2. The molecule has 1 amide bonds. The average Bonchev–Trinajstić information content (AvgIpc) is 2.37. The van der Waals surface area contributed by atoms with Crippen LogP contribution in [0.4, 0.5) is 5.69 Å². The predicted octanol–water partition coefficient (Wildman–Crippen LogP) is 1.64. The number of primary sulfonamides is 1. The van der Waals surface area contributed by atoms with Gasteiger partial charge in [0.05, 0.1) is 17.7 Å². The van der Waals surface area contributed by atoms with Crippen LogP contribution in [0.1, 0.15) is 20.3 Å². The second kappa shape index (κ2) is 6.53. The van der Waals surface area contributed by atoms with Gasteiger partial charge in [0.25, 0.3) is 5.91 Å². The van der Waals surface area contributed by atoms with Crippen molar-refractivity contribution in [2.24, 2.45) is 5.14 Å². The summed E-state index contributed by atoms with van der Waals surface area (Å²) in [4.78, 5) is 11.8. The summed E-state index contributed by atoms with van der Waals surface area (Å²) in [6.45, 7) is 3.59. The van der Waals surface area contributed by atoms with Gasteiger partial charge in [-0.05, 0) is 31.5 Å². The van der Waals surface area contributed by atoms with Gasteiger partial charge in [0.15, 0.2) is 0 Å². The minimum atomic E-state index is -3.84. The largest absolute Gasteiger partial charge is 0.495 e. The molecule has 1 aromatic rings. The van der Waals surface area contributed by atoms with Crippen LogP contribution >= 0.6 is 0 Å². The van der Waals surface area contributed by atoms with Crippen LogP contribution in [0.5, 0.6) is 5.75 Å². The SMILES string of the molecule is CC/C=C(/C)C(=O)Nc1cc(S(N)(=O)=O)ccc1OC. The van der Waals surface area contributed by atoms with Crippen molar-refractivity contribution in [3.63, 3.8) is 0 Å². The highest BCUT2D eigenvalue weighted by molar-refractivity contribution is 7.89. The quantitative estimate of drug-likeness (QED) is 0.807. The molecule has 0 spiro atoms. The van der Waals surface area contributed by atoms with Crippen LogP contribution in [-0.2, 0) is 14.8 Å². The van der Waals surface area contributed by atoms with Crippen molar-refractivity contribution in [3.8, 4) is 5.75 Å². The van der Waals surface area contributed by atoms with Crippen LogP contribution in [0.3, 0.4) is 0 Å². The molecule has 0 aliphatic rings. The maximum Gasteiger partial charge on any atom is 0.251 e. The topological polar surface area (TPSA) is 98.5 Å². The van der Waals surface area contributed by atoms with Gasteiger partial charge in [0, 0.05) is 5.57 Å². The van der Waals surface area contributed by atoms with E-state index in [1.165, 1.54) is 25.3 Å². The Morgan fingerprint density at radius 1 is 1.45 bits per heavy atom. The van der Waals surface area contributed by atoms with Crippen molar-refractivity contribution in [2.45, 2.75) is 25.2 Å². The van der Waals surface area contributed by atoms with Crippen molar-refractivity contribution in [1.29, 1.82) is 0 Å². The Morgan fingerprint density at radius 3 is 2.60 bits per heavy atom. The van der Waals surface area contributed by atoms with Crippen LogP contribution in [0, 0.1) is 0 Å². The molecular weight excluding hydrogens is 280 g/mol. The number of ether oxygens (including phenoxy) is 1. The molecule has 1 rings (SSSR count). The lowest BCUT2D eigenvalue weighted by Gasteiger charge is -2.11. The summed E-state index contributed by atoms with van der Waals surface area (Å²) in [5.41, 5.74) is 0.795. The lowest BCUT2D eigenvalue weighted by Crippen LogP contribution is -2.16. The predicted molar refractivity (Wildman–Crippen MR) is 77.0 cm³/mol. The molecular formula is C13H18N2O4S. The number of benzene rings is 1. The highest BCUT2D eigenvalue weighted by Crippen LogP contribution is 2.27. The number of carbonyl (C=O) groups is 1. The second-order valence-corrected chi connectivity index (χ2v) is 5.72. The van der Waals surface area contributed by atoms with E-state index in [0.717, 1.165) is 6.42 Å². The number of nitrogens with two attached hydrogens (primary N) is 1. The Bertz CT molecular complexity index is 636. The summed E-state index contributed by atoms with van der Waals surface area (Å²) in [6.07, 6.45) is 2.50. The Labute approximate surface area is 118 Å². The molecule has 0 bridgehead atoms. The van der Waals surface area contributed by atoms with Crippen molar-refractivity contribution in [2.75, 3.05) is 12.4 Å². The first-order chi connectivity index (χ1) is 9.29. The van der Waals surface area contributed by atoms with Crippen molar-refractivity contribution < 1.29 is 17.9 Å². The van der Waals surface area contributed by atoms with Crippen LogP contribution in [0.2, 0.25) is 0 Å². The number of nitrogens with one attached hydrogen (secondary N) is 1. The fourth-order valence-corrected chi connectivity index (χ4v) is 2.12. The van der Waals surface area contributed by atoms with E-state index in [-0.39, 0.29) is 16.5 Å². The third-order valence-corrected chi connectivity index (χ3v) is 3.53. The molecule has 0 fully saturated rings. The molecule has 6 nitrogen and oxygen atoms in total. The number of sulfonamides is 1. The number of rotatable bonds is 5. The van der Waals surface area contributed by atoms with Crippen LogP contribution < -0.4 is 15.2 Å². The van der Waals surface area contributed by atoms with Gasteiger partial charge >= 0.3 is 0 Å². The van der Waals surface area contributed by atoms with E-state index in [1.54, 1.807) is 13.0 Å². The fraction of sp³-hybridized carbons (Fsp3) is 0.308. The summed E-state index contributed by atoms with van der Waals surface area (Å²) >= 11 is 0. The Balaban J connectivity index is 3.16. The van der Waals surface area contributed by atoms with Crippen LogP contribution in [-0.4, -0.2) is 21.4 Å². The third-order valence-electron chi connectivity index (χ3n) is 2.62. The van der Waals surface area contributed by atoms with Crippen molar-refractivity contribution in [1.82, 2.24) is 0 Å². The Kier molecular flexibility index (Phi) is 5.29. The smallest absolute Gasteiger partial charge is 0.251 e. The Hall–Kier alpha value is -1.86. The summed E-state index contributed by atoms with van der Waals surface area (Å²) in [6, 6.07) is 4.03. The van der Waals surface area contributed by atoms with Gasteiger partial charge in [0.2, 0.25) is 10.0 Å². The van der Waals surface area contributed by atoms with E-state index >= 15 is 0 Å². The normalized spacial score (nSPS) is 12.1. The fourth-order valence-electron chi connectivity index (χ4n) is 1.58. The molecule has 3 N–H and O–H groups in total. The molecule has 0 radical (unpaired) electrons. The molecule has 20 heavy (non-hydrogen) atoms. The monoisotopic (exact) mass is 298 g/mol. The third kappa shape index (κ3) is 4.07. The summed E-state index contributed by atoms with van der Waals surface area (Å²) < 4.78 is 27.7. The zero-order valence-electron chi connectivity index (χ0n) is 11.6. The van der Waals surface area contributed by atoms with Gasteiger partial charge in [-0.2, -0.15) is 0 Å². The zero-order chi connectivity index (χ0) is 15.3. The van der Waals surface area contributed by atoms with E-state index in [1.807, 2.05) is 6.92 Å². The van der Waals surface area contributed by atoms with E-state index < -0.39 is 10.0 Å². The highest BCUT2D eigenvalue weighted by Gasteiger charge is 2.14. The first-order valence-electron chi connectivity index (χ1n) is 5.98. The summed E-state index contributed by atoms with van der Waals surface area (Å²) in [5.74, 6) is 0.0340. The standard InChI is InChI=1S/C13H18N2O4S/c1-4-5-9(2)13(16)15-11-8-10(20(14,17)18)6-7-12(11)19-3/h5-8H,4H2,1-3H3,(H,15,16)(H2,14,17,18)/b9-5-. The van der Waals surface area contributed by atoms with E-state index in [4.69, 9.17) is 9.88 Å². The van der Waals surface area contributed by atoms with Crippen molar-refractivity contribution >= 4 is 21.6 Å². The number of hydrogen-bond acceptors (Lipinski definition) is 4. The first kappa shape index (κ1) is 16.2. The second-order valence-electron chi connectivity index (χ2n) is 4.16. The molecule has 0 atom stereocenters.